The van der Waals surface area contributed by atoms with E-state index in [4.69, 9.17) is 28.4 Å². The van der Waals surface area contributed by atoms with Crippen molar-refractivity contribution in [1.82, 2.24) is 0 Å². The first-order valence-corrected chi connectivity index (χ1v) is 9.80. The fraction of sp³-hybridized carbons (Fsp3) is 0.500. The van der Waals surface area contributed by atoms with Crippen LogP contribution in [0.4, 0.5) is 10.1 Å². The molecule has 0 unspecified atom stereocenters. The minimum absolute atomic E-state index is 0.500. The predicted molar refractivity (Wildman–Crippen MR) is 106 cm³/mol. The zero-order chi connectivity index (χ0) is 25.6. The molecule has 1 aliphatic rings. The van der Waals surface area contributed by atoms with E-state index in [0.29, 0.717) is 6.07 Å². The Labute approximate surface area is 192 Å². The molecular formula is C20H22FNO12. The highest BCUT2D eigenvalue weighted by molar-refractivity contribution is 5.68. The summed E-state index contributed by atoms with van der Waals surface area (Å²) in [6.45, 7) is 3.73. The second-order valence-corrected chi connectivity index (χ2v) is 7.06. The molecule has 34 heavy (non-hydrogen) atoms. The van der Waals surface area contributed by atoms with E-state index >= 15 is 0 Å². The molecule has 5 atom stereocenters. The second kappa shape index (κ2) is 11.4. The first kappa shape index (κ1) is 26.4. The van der Waals surface area contributed by atoms with Crippen molar-refractivity contribution in [2.45, 2.75) is 58.4 Å². The maximum Gasteiger partial charge on any atom is 0.303 e. The van der Waals surface area contributed by atoms with Crippen LogP contribution < -0.4 is 4.74 Å². The highest BCUT2D eigenvalue weighted by atomic mass is 19.1. The van der Waals surface area contributed by atoms with Crippen molar-refractivity contribution in [3.8, 4) is 5.75 Å². The van der Waals surface area contributed by atoms with E-state index in [-0.39, 0.29) is 0 Å². The molecule has 13 nitrogen and oxygen atoms in total. The van der Waals surface area contributed by atoms with E-state index in [0.717, 1.165) is 39.8 Å². The molecule has 0 bridgehead atoms. The number of carbonyl (C=O) groups is 4. The van der Waals surface area contributed by atoms with E-state index in [1.54, 1.807) is 0 Å². The van der Waals surface area contributed by atoms with E-state index < -0.39 is 83.4 Å². The predicted octanol–water partition coefficient (Wildman–Crippen LogP) is 1.20. The molecular weight excluding hydrogens is 465 g/mol. The Bertz CT molecular complexity index is 967. The first-order valence-electron chi connectivity index (χ1n) is 9.80. The minimum Gasteiger partial charge on any atom is -0.463 e. The maximum atomic E-state index is 14.4. The molecule has 0 N–H and O–H groups in total. The fourth-order valence-corrected chi connectivity index (χ4v) is 3.11. The monoisotopic (exact) mass is 487 g/mol. The van der Waals surface area contributed by atoms with Gasteiger partial charge >= 0.3 is 23.9 Å². The average Bonchev–Trinajstić information content (AvgIpc) is 2.71. The largest absolute Gasteiger partial charge is 0.463 e. The van der Waals surface area contributed by atoms with E-state index in [1.165, 1.54) is 0 Å². The number of ether oxygens (including phenoxy) is 6. The van der Waals surface area contributed by atoms with Gasteiger partial charge in [0, 0.05) is 33.8 Å². The van der Waals surface area contributed by atoms with Gasteiger partial charge in [0.05, 0.1) is 11.0 Å². The Morgan fingerprint density at radius 1 is 0.941 bits per heavy atom. The molecule has 1 saturated heterocycles. The van der Waals surface area contributed by atoms with Crippen molar-refractivity contribution in [2.75, 3.05) is 6.61 Å². The van der Waals surface area contributed by atoms with Gasteiger partial charge in [0.15, 0.2) is 23.8 Å². The number of nitro benzene ring substituents is 1. The third-order valence-electron chi connectivity index (χ3n) is 4.32. The topological polar surface area (TPSA) is 167 Å². The fourth-order valence-electron chi connectivity index (χ4n) is 3.11. The lowest BCUT2D eigenvalue weighted by molar-refractivity contribution is -0.385. The standard InChI is InChI=1S/C20H22FNO12/c1-9(23)29-8-16-17(30-10(2)24)18(31-11(3)25)19(32-12(4)26)20(34-16)33-15-6-5-13(22(27)28)7-14(15)21/h5-7,16-20H,8H2,1-4H3/t16-,17-,18+,19-,20-/m1/s1. The number of esters is 4. The van der Waals surface area contributed by atoms with Crippen LogP contribution in [0, 0.1) is 15.9 Å². The van der Waals surface area contributed by atoms with Crippen LogP contribution >= 0.6 is 0 Å². The van der Waals surface area contributed by atoms with Crippen molar-refractivity contribution in [2.24, 2.45) is 0 Å². The number of rotatable bonds is 8. The SMILES string of the molecule is CC(=O)OC[C@H]1O[C@@H](Oc2ccc([N+](=O)[O-])cc2F)[C@H](OC(C)=O)[C@@H](OC(C)=O)[C@@H]1OC(C)=O. The van der Waals surface area contributed by atoms with Crippen molar-refractivity contribution < 1.29 is 56.9 Å². The van der Waals surface area contributed by atoms with Gasteiger partial charge in [-0.05, 0) is 6.07 Å². The van der Waals surface area contributed by atoms with Crippen LogP contribution in [-0.2, 0) is 42.9 Å². The highest BCUT2D eigenvalue weighted by Gasteiger charge is 2.53. The van der Waals surface area contributed by atoms with Gasteiger partial charge in [-0.25, -0.2) is 4.39 Å². The van der Waals surface area contributed by atoms with Crippen LogP contribution in [-0.4, -0.2) is 66.1 Å². The lowest BCUT2D eigenvalue weighted by atomic mass is 9.98. The normalized spacial score (nSPS) is 23.9. The van der Waals surface area contributed by atoms with Crippen LogP contribution in [0.2, 0.25) is 0 Å². The maximum absolute atomic E-state index is 14.4. The molecule has 0 aromatic heterocycles. The van der Waals surface area contributed by atoms with Gasteiger partial charge < -0.3 is 28.4 Å². The molecule has 1 aliphatic heterocycles. The molecule has 1 fully saturated rings. The van der Waals surface area contributed by atoms with Crippen LogP contribution in [0.3, 0.4) is 0 Å². The minimum atomic E-state index is -1.67. The quantitative estimate of drug-likeness (QED) is 0.223. The number of non-ortho nitro benzene ring substituents is 1. The molecule has 0 radical (unpaired) electrons. The molecule has 1 aromatic rings. The number of halogens is 1. The number of hydrogen-bond donors (Lipinski definition) is 0. The van der Waals surface area contributed by atoms with Crippen LogP contribution in [0.25, 0.3) is 0 Å². The van der Waals surface area contributed by atoms with E-state index in [2.05, 4.69) is 0 Å². The first-order chi connectivity index (χ1) is 15.9. The Hall–Kier alpha value is -3.81. The number of benzene rings is 1. The summed E-state index contributed by atoms with van der Waals surface area (Å²) in [7, 11) is 0. The number of hydrogen-bond acceptors (Lipinski definition) is 12. The summed E-state index contributed by atoms with van der Waals surface area (Å²) in [5.41, 5.74) is -0.550. The Kier molecular flexibility index (Phi) is 8.83. The van der Waals surface area contributed by atoms with Crippen molar-refractivity contribution in [1.29, 1.82) is 0 Å². The van der Waals surface area contributed by atoms with Gasteiger partial charge in [0.25, 0.3) is 5.69 Å². The highest BCUT2D eigenvalue weighted by Crippen LogP contribution is 2.32. The third kappa shape index (κ3) is 7.10. The molecule has 186 valence electrons. The molecule has 2 rings (SSSR count). The molecule has 1 heterocycles. The molecule has 0 amide bonds. The zero-order valence-electron chi connectivity index (χ0n) is 18.6. The zero-order valence-corrected chi connectivity index (χ0v) is 18.6. The number of nitro groups is 1. The average molecular weight is 487 g/mol. The summed E-state index contributed by atoms with van der Waals surface area (Å²) in [5.74, 6) is -4.92. The number of nitrogens with zero attached hydrogens (tertiary/aromatic N) is 1. The van der Waals surface area contributed by atoms with Gasteiger partial charge in [0.1, 0.15) is 12.7 Å². The third-order valence-corrected chi connectivity index (χ3v) is 4.32. The lowest BCUT2D eigenvalue weighted by Crippen LogP contribution is -2.63. The van der Waals surface area contributed by atoms with Crippen LogP contribution in [0.1, 0.15) is 27.7 Å². The molecule has 0 saturated carbocycles. The molecule has 0 aliphatic carbocycles. The summed E-state index contributed by atoms with van der Waals surface area (Å²) >= 11 is 0. The van der Waals surface area contributed by atoms with Gasteiger partial charge in [-0.3, -0.25) is 29.3 Å². The van der Waals surface area contributed by atoms with Crippen LogP contribution in [0.5, 0.6) is 5.75 Å². The van der Waals surface area contributed by atoms with E-state index in [1.807, 2.05) is 0 Å². The molecule has 1 aromatic carbocycles. The summed E-state index contributed by atoms with van der Waals surface area (Å²) in [5, 5.41) is 10.9. The smallest absolute Gasteiger partial charge is 0.303 e. The second-order valence-electron chi connectivity index (χ2n) is 7.06. The summed E-state index contributed by atoms with van der Waals surface area (Å²) in [6.07, 6.45) is -7.46. The molecule has 14 heteroatoms. The van der Waals surface area contributed by atoms with Gasteiger partial charge in [-0.15, -0.1) is 0 Å². The van der Waals surface area contributed by atoms with Crippen molar-refractivity contribution >= 4 is 29.6 Å². The van der Waals surface area contributed by atoms with Gasteiger partial charge in [0.2, 0.25) is 12.4 Å². The summed E-state index contributed by atoms with van der Waals surface area (Å²) in [6, 6.07) is 2.51. The summed E-state index contributed by atoms with van der Waals surface area (Å²) in [4.78, 5) is 56.6. The summed E-state index contributed by atoms with van der Waals surface area (Å²) < 4.78 is 46.1. The van der Waals surface area contributed by atoms with Crippen molar-refractivity contribution in [3.05, 3.63) is 34.1 Å². The van der Waals surface area contributed by atoms with E-state index in [9.17, 15) is 33.7 Å². The van der Waals surface area contributed by atoms with Gasteiger partial charge in [-0.1, -0.05) is 0 Å². The number of carbonyl (C=O) groups excluding carboxylic acids is 4. The van der Waals surface area contributed by atoms with Crippen LogP contribution in [0.15, 0.2) is 18.2 Å². The molecule has 0 spiro atoms. The Morgan fingerprint density at radius 3 is 2.00 bits per heavy atom. The van der Waals surface area contributed by atoms with Gasteiger partial charge in [-0.2, -0.15) is 0 Å². The van der Waals surface area contributed by atoms with Crippen molar-refractivity contribution in [3.63, 3.8) is 0 Å². The lowest BCUT2D eigenvalue weighted by Gasteiger charge is -2.43. The Morgan fingerprint density at radius 2 is 1.50 bits per heavy atom. The Balaban J connectivity index is 2.49.